The lowest BCUT2D eigenvalue weighted by Gasteiger charge is -2.12. The monoisotopic (exact) mass is 256 g/mol. The van der Waals surface area contributed by atoms with Crippen LogP contribution < -0.4 is 5.32 Å². The first-order valence-corrected chi connectivity index (χ1v) is 5.18. The molecule has 0 aromatic heterocycles. The van der Waals surface area contributed by atoms with Crippen molar-refractivity contribution in [2.45, 2.75) is 6.42 Å². The quantitative estimate of drug-likeness (QED) is 0.779. The third kappa shape index (κ3) is 2.23. The van der Waals surface area contributed by atoms with Crippen molar-refractivity contribution < 1.29 is 9.59 Å². The van der Waals surface area contributed by atoms with Crippen molar-refractivity contribution in [2.75, 3.05) is 0 Å². The van der Waals surface area contributed by atoms with Gasteiger partial charge in [-0.25, -0.2) is 0 Å². The van der Waals surface area contributed by atoms with Gasteiger partial charge in [-0.1, -0.05) is 23.2 Å². The number of carbonyl (C=O) groups excluding carboxylic acids is 2. The predicted octanol–water partition coefficient (Wildman–Crippen LogP) is 1.79. The summed E-state index contributed by atoms with van der Waals surface area (Å²) in [5.74, 6) is -0.634. The standard InChI is InChI=1S/C10H6Cl2N2O2/c11-6-2-1-5(3-7(6)12)10-13-8(15)4-9(16)14-10/h1-3H,4H2,(H,13,14,15,16). The Morgan fingerprint density at radius 1 is 1.19 bits per heavy atom. The van der Waals surface area contributed by atoms with Gasteiger partial charge in [0.2, 0.25) is 5.91 Å². The molecule has 6 heteroatoms. The molecule has 4 nitrogen and oxygen atoms in total. The first-order chi connectivity index (χ1) is 7.56. The van der Waals surface area contributed by atoms with Crippen LogP contribution in [0.5, 0.6) is 0 Å². The minimum absolute atomic E-state index is 0.208. The van der Waals surface area contributed by atoms with Crippen LogP contribution >= 0.6 is 23.2 Å². The van der Waals surface area contributed by atoms with E-state index in [1.54, 1.807) is 18.2 Å². The Hall–Kier alpha value is -1.39. The Morgan fingerprint density at radius 3 is 2.56 bits per heavy atom. The van der Waals surface area contributed by atoms with E-state index >= 15 is 0 Å². The Morgan fingerprint density at radius 2 is 1.94 bits per heavy atom. The van der Waals surface area contributed by atoms with Crippen LogP contribution in [0.25, 0.3) is 0 Å². The number of nitrogens with one attached hydrogen (secondary N) is 1. The van der Waals surface area contributed by atoms with Crippen molar-refractivity contribution in [3.63, 3.8) is 0 Å². The highest BCUT2D eigenvalue weighted by molar-refractivity contribution is 6.42. The van der Waals surface area contributed by atoms with Crippen molar-refractivity contribution in [3.8, 4) is 0 Å². The number of benzene rings is 1. The summed E-state index contributed by atoms with van der Waals surface area (Å²) in [6.45, 7) is 0. The number of nitrogens with zero attached hydrogens (tertiary/aromatic N) is 1. The van der Waals surface area contributed by atoms with Crippen LogP contribution in [0, 0.1) is 0 Å². The van der Waals surface area contributed by atoms with Gasteiger partial charge in [0.1, 0.15) is 12.3 Å². The molecule has 0 fully saturated rings. The average molecular weight is 257 g/mol. The van der Waals surface area contributed by atoms with Gasteiger partial charge in [-0.15, -0.1) is 0 Å². The van der Waals surface area contributed by atoms with Gasteiger partial charge in [0.15, 0.2) is 0 Å². The van der Waals surface area contributed by atoms with E-state index in [2.05, 4.69) is 10.3 Å². The second-order valence-corrected chi connectivity index (χ2v) is 4.02. The lowest BCUT2D eigenvalue weighted by atomic mass is 10.2. The fourth-order valence-electron chi connectivity index (χ4n) is 1.29. The molecule has 16 heavy (non-hydrogen) atoms. The molecule has 0 atom stereocenters. The van der Waals surface area contributed by atoms with Crippen molar-refractivity contribution in [2.24, 2.45) is 4.99 Å². The first kappa shape index (κ1) is 11.1. The largest absolute Gasteiger partial charge is 0.310 e. The Kier molecular flexibility index (Phi) is 2.94. The number of hydrogen-bond donors (Lipinski definition) is 1. The lowest BCUT2D eigenvalue weighted by molar-refractivity contribution is -0.127. The smallest absolute Gasteiger partial charge is 0.257 e. The number of halogens is 2. The molecule has 0 aliphatic carbocycles. The molecule has 1 N–H and O–H groups in total. The second kappa shape index (κ2) is 4.23. The van der Waals surface area contributed by atoms with Crippen molar-refractivity contribution in [3.05, 3.63) is 33.8 Å². The second-order valence-electron chi connectivity index (χ2n) is 3.21. The van der Waals surface area contributed by atoms with Crippen LogP contribution in [0.4, 0.5) is 0 Å². The van der Waals surface area contributed by atoms with Gasteiger partial charge >= 0.3 is 0 Å². The highest BCUT2D eigenvalue weighted by Gasteiger charge is 2.19. The average Bonchev–Trinajstić information content (AvgIpc) is 2.20. The van der Waals surface area contributed by atoms with E-state index in [0.29, 0.717) is 15.6 Å². The maximum Gasteiger partial charge on any atom is 0.257 e. The molecule has 1 aliphatic heterocycles. The van der Waals surface area contributed by atoms with Crippen LogP contribution in [0.3, 0.4) is 0 Å². The van der Waals surface area contributed by atoms with Crippen molar-refractivity contribution >= 4 is 40.9 Å². The number of amides is 2. The minimum atomic E-state index is -0.468. The lowest BCUT2D eigenvalue weighted by Crippen LogP contribution is -2.37. The summed E-state index contributed by atoms with van der Waals surface area (Å²) in [5.41, 5.74) is 0.552. The van der Waals surface area contributed by atoms with Gasteiger partial charge in [-0.3, -0.25) is 9.59 Å². The summed E-state index contributed by atoms with van der Waals surface area (Å²) in [5, 5.41) is 3.24. The van der Waals surface area contributed by atoms with Gasteiger partial charge in [-0.2, -0.15) is 4.99 Å². The zero-order chi connectivity index (χ0) is 11.7. The van der Waals surface area contributed by atoms with Crippen molar-refractivity contribution in [1.82, 2.24) is 5.32 Å². The van der Waals surface area contributed by atoms with E-state index in [1.165, 1.54) is 0 Å². The molecule has 0 spiro atoms. The molecule has 2 rings (SSSR count). The van der Waals surface area contributed by atoms with Gasteiger partial charge in [-0.05, 0) is 18.2 Å². The molecule has 1 aliphatic rings. The summed E-state index contributed by atoms with van der Waals surface area (Å²) in [7, 11) is 0. The van der Waals surface area contributed by atoms with Gasteiger partial charge < -0.3 is 5.32 Å². The molecule has 0 radical (unpaired) electrons. The molecule has 0 bridgehead atoms. The summed E-state index contributed by atoms with van der Waals surface area (Å²) in [4.78, 5) is 26.0. The molecule has 0 saturated heterocycles. The SMILES string of the molecule is O=C1CC(=O)NC(c2ccc(Cl)c(Cl)c2)=N1. The Bertz CT molecular complexity index is 512. The fraction of sp³-hybridized carbons (Fsp3) is 0.100. The van der Waals surface area contributed by atoms with Gasteiger partial charge in [0, 0.05) is 5.56 Å². The number of amidine groups is 1. The molecular formula is C10H6Cl2N2O2. The summed E-state index contributed by atoms with van der Waals surface area (Å²) in [6.07, 6.45) is -0.217. The van der Waals surface area contributed by atoms with E-state index < -0.39 is 5.91 Å². The van der Waals surface area contributed by atoms with Gasteiger partial charge in [0.25, 0.3) is 5.91 Å². The molecule has 82 valence electrons. The van der Waals surface area contributed by atoms with E-state index in [1.807, 2.05) is 0 Å². The molecule has 0 unspecified atom stereocenters. The topological polar surface area (TPSA) is 58.5 Å². The zero-order valence-corrected chi connectivity index (χ0v) is 9.47. The van der Waals surface area contributed by atoms with E-state index in [4.69, 9.17) is 23.2 Å². The normalized spacial score (nSPS) is 15.8. The summed E-state index contributed by atoms with van der Waals surface area (Å²) < 4.78 is 0. The number of aliphatic imine (C=N–C) groups is 1. The summed E-state index contributed by atoms with van der Waals surface area (Å²) in [6, 6.07) is 4.75. The maximum absolute atomic E-state index is 11.1. The van der Waals surface area contributed by atoms with E-state index in [0.717, 1.165) is 0 Å². The van der Waals surface area contributed by atoms with Crippen LogP contribution in [-0.4, -0.2) is 17.6 Å². The first-order valence-electron chi connectivity index (χ1n) is 4.43. The minimum Gasteiger partial charge on any atom is -0.310 e. The van der Waals surface area contributed by atoms with Crippen molar-refractivity contribution in [1.29, 1.82) is 0 Å². The van der Waals surface area contributed by atoms with Gasteiger partial charge in [0.05, 0.1) is 10.0 Å². The van der Waals surface area contributed by atoms with E-state index in [-0.39, 0.29) is 18.2 Å². The maximum atomic E-state index is 11.1. The Labute approximate surface area is 101 Å². The molecule has 1 aromatic rings. The predicted molar refractivity (Wildman–Crippen MR) is 60.8 cm³/mol. The van der Waals surface area contributed by atoms with Crippen LogP contribution in [-0.2, 0) is 9.59 Å². The fourth-order valence-corrected chi connectivity index (χ4v) is 1.58. The van der Waals surface area contributed by atoms with Crippen LogP contribution in [0.1, 0.15) is 12.0 Å². The van der Waals surface area contributed by atoms with Crippen LogP contribution in [0.15, 0.2) is 23.2 Å². The number of rotatable bonds is 1. The number of carbonyl (C=O) groups is 2. The molecular weight excluding hydrogens is 251 g/mol. The summed E-state index contributed by atoms with van der Waals surface area (Å²) >= 11 is 11.6. The third-order valence-electron chi connectivity index (χ3n) is 2.00. The molecule has 0 saturated carbocycles. The van der Waals surface area contributed by atoms with Crippen LogP contribution in [0.2, 0.25) is 10.0 Å². The zero-order valence-electron chi connectivity index (χ0n) is 7.96. The molecule has 1 aromatic carbocycles. The highest BCUT2D eigenvalue weighted by Crippen LogP contribution is 2.23. The highest BCUT2D eigenvalue weighted by atomic mass is 35.5. The van der Waals surface area contributed by atoms with E-state index in [9.17, 15) is 9.59 Å². The Balaban J connectivity index is 2.40. The molecule has 1 heterocycles. The third-order valence-corrected chi connectivity index (χ3v) is 2.74. The number of hydrogen-bond acceptors (Lipinski definition) is 2. The molecule has 2 amide bonds.